The van der Waals surface area contributed by atoms with Gasteiger partial charge in [0.05, 0.1) is 24.1 Å². The highest BCUT2D eigenvalue weighted by Gasteiger charge is 2.46. The van der Waals surface area contributed by atoms with E-state index in [1.54, 1.807) is 27.6 Å². The summed E-state index contributed by atoms with van der Waals surface area (Å²) in [5.74, 6) is -0.990. The van der Waals surface area contributed by atoms with Crippen molar-refractivity contribution in [3.63, 3.8) is 0 Å². The molecule has 14 heteroatoms. The number of carboxylic acid groups (broad SMARTS) is 1. The predicted octanol–water partition coefficient (Wildman–Crippen LogP) is 4.27. The van der Waals surface area contributed by atoms with Gasteiger partial charge in [0.2, 0.25) is 0 Å². The number of halogens is 3. The van der Waals surface area contributed by atoms with Gasteiger partial charge in [-0.05, 0) is 35.7 Å². The number of piperidine rings is 1. The van der Waals surface area contributed by atoms with Crippen LogP contribution in [0.5, 0.6) is 0 Å². The molecule has 0 radical (unpaired) electrons. The highest BCUT2D eigenvalue weighted by atomic mass is 32.1. The molecule has 0 saturated carbocycles. The molecule has 1 N–H and O–H groups in total. The Kier molecular flexibility index (Phi) is 7.66. The summed E-state index contributed by atoms with van der Waals surface area (Å²) >= 11 is 3.48. The Bertz CT molecular complexity index is 1170. The van der Waals surface area contributed by atoms with Crippen LogP contribution in [0.4, 0.5) is 18.0 Å². The van der Waals surface area contributed by atoms with Crippen molar-refractivity contribution in [1.29, 1.82) is 0 Å². The number of thiophene rings is 2. The first-order valence-electron chi connectivity index (χ1n) is 11.0. The first-order chi connectivity index (χ1) is 17.1. The summed E-state index contributed by atoms with van der Waals surface area (Å²) in [7, 11) is 1.44. The van der Waals surface area contributed by atoms with Gasteiger partial charge >= 0.3 is 18.2 Å². The number of carboxylic acids is 1. The molecule has 0 aromatic carbocycles. The van der Waals surface area contributed by atoms with Crippen LogP contribution in [0.1, 0.15) is 23.5 Å². The number of carbonyl (C=O) groups excluding carboxylic acids is 1. The Balaban J connectivity index is 0.000000384. The quantitative estimate of drug-likeness (QED) is 0.527. The summed E-state index contributed by atoms with van der Waals surface area (Å²) in [6.45, 7) is 4.02. The standard InChI is InChI=1S/C20H23N5O2S2.C2HF3O2/c1-27-19(26)24-13-17-21-22-18(16-5-3-11-29-16)25(17)20(14-24)6-8-23(9-7-20)12-15-4-2-10-28-15;3-2(4,5)1(6)7/h2-5,10-11H,6-9,12-14H2,1H3;(H,6,7). The van der Waals surface area contributed by atoms with Crippen molar-refractivity contribution in [3.05, 3.63) is 45.7 Å². The summed E-state index contributed by atoms with van der Waals surface area (Å²) in [5.41, 5.74) is -0.198. The normalized spacial score (nSPS) is 17.3. The topological polar surface area (TPSA) is 101 Å². The minimum atomic E-state index is -5.08. The number of likely N-dealkylation sites (tertiary alicyclic amines) is 1. The van der Waals surface area contributed by atoms with Gasteiger partial charge in [0, 0.05) is 31.1 Å². The van der Waals surface area contributed by atoms with Crippen LogP contribution in [0.25, 0.3) is 10.7 Å². The van der Waals surface area contributed by atoms with Crippen LogP contribution in [0.3, 0.4) is 0 Å². The number of methoxy groups -OCH3 is 1. The highest BCUT2D eigenvalue weighted by Crippen LogP contribution is 2.40. The number of ether oxygens (including phenoxy) is 1. The minimum Gasteiger partial charge on any atom is -0.475 e. The third kappa shape index (κ3) is 5.55. The number of fused-ring (bicyclic) bond motifs is 2. The molecule has 5 heterocycles. The Morgan fingerprint density at radius 1 is 1.14 bits per heavy atom. The molecule has 0 bridgehead atoms. The summed E-state index contributed by atoms with van der Waals surface area (Å²) in [6.07, 6.45) is -3.47. The largest absolute Gasteiger partial charge is 0.490 e. The van der Waals surface area contributed by atoms with Crippen molar-refractivity contribution in [2.45, 2.75) is 37.6 Å². The molecule has 194 valence electrons. The fraction of sp³-hybridized carbons (Fsp3) is 0.455. The van der Waals surface area contributed by atoms with E-state index in [2.05, 4.69) is 48.6 Å². The van der Waals surface area contributed by atoms with Crippen LogP contribution < -0.4 is 0 Å². The third-order valence-corrected chi connectivity index (χ3v) is 7.91. The van der Waals surface area contributed by atoms with Gasteiger partial charge in [0.1, 0.15) is 0 Å². The van der Waals surface area contributed by atoms with Crippen LogP contribution in [0, 0.1) is 0 Å². The smallest absolute Gasteiger partial charge is 0.475 e. The van der Waals surface area contributed by atoms with E-state index in [0.717, 1.165) is 49.0 Å². The number of alkyl halides is 3. The van der Waals surface area contributed by atoms with Gasteiger partial charge in [-0.2, -0.15) is 13.2 Å². The average Bonchev–Trinajstić information content (AvgIpc) is 3.62. The summed E-state index contributed by atoms with van der Waals surface area (Å²) in [6, 6.07) is 8.44. The molecule has 3 aromatic rings. The van der Waals surface area contributed by atoms with Crippen LogP contribution >= 0.6 is 22.7 Å². The van der Waals surface area contributed by atoms with Gasteiger partial charge in [-0.25, -0.2) is 9.59 Å². The van der Waals surface area contributed by atoms with Crippen molar-refractivity contribution < 1.29 is 32.6 Å². The number of carbonyl (C=O) groups is 2. The van der Waals surface area contributed by atoms with Crippen molar-refractivity contribution in [1.82, 2.24) is 24.6 Å². The van der Waals surface area contributed by atoms with E-state index in [0.29, 0.717) is 13.1 Å². The zero-order chi connectivity index (χ0) is 25.9. The number of aromatic nitrogens is 3. The number of amides is 1. The molecule has 0 atom stereocenters. The first-order valence-corrected chi connectivity index (χ1v) is 12.8. The number of hydrogen-bond donors (Lipinski definition) is 1. The van der Waals surface area contributed by atoms with Gasteiger partial charge < -0.3 is 14.4 Å². The second kappa shape index (κ2) is 10.6. The predicted molar refractivity (Wildman–Crippen MR) is 127 cm³/mol. The zero-order valence-corrected chi connectivity index (χ0v) is 20.9. The lowest BCUT2D eigenvalue weighted by Crippen LogP contribution is -2.56. The molecule has 5 rings (SSSR count). The number of nitrogens with zero attached hydrogens (tertiary/aromatic N) is 5. The summed E-state index contributed by atoms with van der Waals surface area (Å²) in [4.78, 5) is 28.0. The molecule has 1 amide bonds. The van der Waals surface area contributed by atoms with Crippen molar-refractivity contribution >= 4 is 34.7 Å². The Labute approximate surface area is 212 Å². The average molecular weight is 544 g/mol. The van der Waals surface area contributed by atoms with E-state index in [9.17, 15) is 18.0 Å². The van der Waals surface area contributed by atoms with E-state index in [-0.39, 0.29) is 11.6 Å². The summed E-state index contributed by atoms with van der Waals surface area (Å²) < 4.78 is 39.1. The molecule has 0 aliphatic carbocycles. The number of rotatable bonds is 3. The minimum absolute atomic E-state index is 0.198. The van der Waals surface area contributed by atoms with Crippen LogP contribution in [-0.2, 0) is 28.2 Å². The SMILES string of the molecule is COC(=O)N1Cc2nnc(-c3cccs3)n2C2(CCN(Cc3cccs3)CC2)C1.O=C(O)C(F)(F)F. The maximum Gasteiger partial charge on any atom is 0.490 e. The Hall–Kier alpha value is -2.97. The fourth-order valence-electron chi connectivity index (χ4n) is 4.53. The van der Waals surface area contributed by atoms with Crippen molar-refractivity contribution in [2.24, 2.45) is 0 Å². The molecular weight excluding hydrogens is 519 g/mol. The third-order valence-electron chi connectivity index (χ3n) is 6.19. The monoisotopic (exact) mass is 543 g/mol. The van der Waals surface area contributed by atoms with Gasteiger partial charge in [-0.15, -0.1) is 32.9 Å². The maximum atomic E-state index is 12.4. The lowest BCUT2D eigenvalue weighted by molar-refractivity contribution is -0.192. The maximum absolute atomic E-state index is 12.4. The Morgan fingerprint density at radius 3 is 2.36 bits per heavy atom. The molecule has 1 saturated heterocycles. The van der Waals surface area contributed by atoms with Gasteiger partial charge in [0.25, 0.3) is 0 Å². The second-order valence-electron chi connectivity index (χ2n) is 8.46. The molecule has 2 aliphatic rings. The highest BCUT2D eigenvalue weighted by molar-refractivity contribution is 7.13. The molecular formula is C22H24F3N5O4S2. The molecule has 1 fully saturated rings. The van der Waals surface area contributed by atoms with Gasteiger partial charge in [-0.3, -0.25) is 9.80 Å². The molecule has 3 aromatic heterocycles. The molecule has 9 nitrogen and oxygen atoms in total. The van der Waals surface area contributed by atoms with Crippen LogP contribution in [-0.4, -0.2) is 74.7 Å². The van der Waals surface area contributed by atoms with Crippen LogP contribution in [0.2, 0.25) is 0 Å². The van der Waals surface area contributed by atoms with Gasteiger partial charge in [0.15, 0.2) is 11.6 Å². The van der Waals surface area contributed by atoms with E-state index >= 15 is 0 Å². The lowest BCUT2D eigenvalue weighted by Gasteiger charge is -2.48. The van der Waals surface area contributed by atoms with E-state index in [1.807, 2.05) is 6.07 Å². The van der Waals surface area contributed by atoms with E-state index < -0.39 is 12.1 Å². The van der Waals surface area contributed by atoms with Crippen LogP contribution in [0.15, 0.2) is 35.0 Å². The zero-order valence-electron chi connectivity index (χ0n) is 19.3. The van der Waals surface area contributed by atoms with Crippen molar-refractivity contribution in [3.8, 4) is 10.7 Å². The van der Waals surface area contributed by atoms with Gasteiger partial charge in [-0.1, -0.05) is 12.1 Å². The molecule has 0 unspecified atom stereocenters. The van der Waals surface area contributed by atoms with Crippen molar-refractivity contribution in [2.75, 3.05) is 26.7 Å². The van der Waals surface area contributed by atoms with E-state index in [4.69, 9.17) is 14.6 Å². The number of hydrogen-bond acceptors (Lipinski definition) is 8. The lowest BCUT2D eigenvalue weighted by atomic mass is 9.84. The molecule has 1 spiro atoms. The molecule has 36 heavy (non-hydrogen) atoms. The fourth-order valence-corrected chi connectivity index (χ4v) is 5.97. The van der Waals surface area contributed by atoms with E-state index in [1.165, 1.54) is 12.0 Å². The number of aliphatic carboxylic acids is 1. The first kappa shape index (κ1) is 26.1. The Morgan fingerprint density at radius 2 is 1.81 bits per heavy atom. The second-order valence-corrected chi connectivity index (χ2v) is 10.4. The molecule has 2 aliphatic heterocycles. The summed E-state index contributed by atoms with van der Waals surface area (Å²) in [5, 5.41) is 20.3.